The molecule has 35 heavy (non-hydrogen) atoms. The zero-order chi connectivity index (χ0) is 24.7. The quantitative estimate of drug-likeness (QED) is 0.252. The molecule has 3 aliphatic carbocycles. The molecule has 0 spiro atoms. The minimum absolute atomic E-state index is 0.0297. The highest BCUT2D eigenvalue weighted by molar-refractivity contribution is 6.05. The summed E-state index contributed by atoms with van der Waals surface area (Å²) in [6.45, 7) is 10.2. The van der Waals surface area contributed by atoms with Crippen LogP contribution in [0.5, 0.6) is 0 Å². The van der Waals surface area contributed by atoms with Gasteiger partial charge < -0.3 is 9.64 Å². The van der Waals surface area contributed by atoms with Gasteiger partial charge in [0.2, 0.25) is 0 Å². The first-order valence-electron chi connectivity index (χ1n) is 12.6. The van der Waals surface area contributed by atoms with Gasteiger partial charge in [0.25, 0.3) is 11.8 Å². The Balaban J connectivity index is 1.16. The molecule has 5 aliphatic rings. The van der Waals surface area contributed by atoms with Crippen molar-refractivity contribution in [1.29, 1.82) is 0 Å². The van der Waals surface area contributed by atoms with E-state index in [4.69, 9.17) is 9.57 Å². The Hall–Kier alpha value is -2.78. The van der Waals surface area contributed by atoms with Gasteiger partial charge in [-0.25, -0.2) is 4.98 Å². The number of hydrogen-bond acceptors (Lipinski definition) is 8. The molecule has 1 aromatic heterocycles. The highest BCUT2D eigenvalue weighted by atomic mass is 16.7. The number of carbonyl (C=O) groups excluding carboxylic acids is 3. The Bertz CT molecular complexity index is 1020. The zero-order valence-electron chi connectivity index (χ0n) is 20.7. The number of anilines is 1. The predicted octanol–water partition coefficient (Wildman–Crippen LogP) is 2.04. The first-order chi connectivity index (χ1) is 16.8. The van der Waals surface area contributed by atoms with Gasteiger partial charge in [-0.15, -0.1) is 0 Å². The predicted molar refractivity (Wildman–Crippen MR) is 128 cm³/mol. The van der Waals surface area contributed by atoms with E-state index in [1.165, 1.54) is 6.92 Å². The molecule has 5 unspecified atom stereocenters. The lowest BCUT2D eigenvalue weighted by Gasteiger charge is -2.52. The topological polar surface area (TPSA) is 92.3 Å². The molecular weight excluding hydrogens is 448 g/mol. The Kier molecular flexibility index (Phi) is 6.40. The molecule has 0 aromatic carbocycles. The third-order valence-electron chi connectivity index (χ3n) is 7.99. The van der Waals surface area contributed by atoms with Crippen LogP contribution in [0.25, 0.3) is 0 Å². The fourth-order valence-corrected chi connectivity index (χ4v) is 6.73. The zero-order valence-corrected chi connectivity index (χ0v) is 20.7. The van der Waals surface area contributed by atoms with Gasteiger partial charge in [-0.2, -0.15) is 5.06 Å². The third kappa shape index (κ3) is 4.25. The normalized spacial score (nSPS) is 32.6. The lowest BCUT2D eigenvalue weighted by Crippen LogP contribution is -2.57. The minimum Gasteiger partial charge on any atom is -0.454 e. The van der Waals surface area contributed by atoms with Crippen LogP contribution in [0, 0.1) is 23.7 Å². The second-order valence-corrected chi connectivity index (χ2v) is 10.3. The molecular formula is C26H34N4O5. The number of hydroxylamine groups is 2. The molecule has 3 heterocycles. The van der Waals surface area contributed by atoms with Crippen LogP contribution >= 0.6 is 0 Å². The maximum atomic E-state index is 13.3. The van der Waals surface area contributed by atoms with Crippen molar-refractivity contribution in [2.45, 2.75) is 39.2 Å². The molecule has 2 saturated heterocycles. The number of imide groups is 1. The molecule has 0 N–H and O–H groups in total. The molecule has 1 saturated carbocycles. The first-order valence-corrected chi connectivity index (χ1v) is 12.6. The SMILES string of the molecule is CC(=O)OC12C=C(C)C(C(C)C1)C1C(=O)N(OCCCN3CCN(c4ccccn4)CC3)C(=O)C12. The number of pyridine rings is 1. The van der Waals surface area contributed by atoms with Crippen LogP contribution in [0.1, 0.15) is 33.6 Å². The molecule has 1 aromatic rings. The van der Waals surface area contributed by atoms with E-state index < -0.39 is 23.4 Å². The highest BCUT2D eigenvalue weighted by Crippen LogP contribution is 2.58. The standard InChI is InChI=1S/C26H34N4O5/c1-17-15-26(35-19(3)31)16-18(2)21(17)22-23(26)25(33)30(24(22)32)34-14-6-9-28-10-12-29(13-11-28)20-7-4-5-8-27-20/h4-5,7-8,15,18,21-23H,6,9-14,16H2,1-3H3. The second kappa shape index (κ2) is 9.35. The van der Waals surface area contributed by atoms with Gasteiger partial charge in [-0.05, 0) is 49.8 Å². The number of hydrogen-bond donors (Lipinski definition) is 0. The Morgan fingerprint density at radius 2 is 1.91 bits per heavy atom. The number of amides is 2. The van der Waals surface area contributed by atoms with Gasteiger partial charge in [-0.1, -0.05) is 18.6 Å². The lowest BCUT2D eigenvalue weighted by molar-refractivity contribution is -0.191. The number of piperazine rings is 1. The summed E-state index contributed by atoms with van der Waals surface area (Å²) in [6.07, 6.45) is 4.97. The fraction of sp³-hybridized carbons (Fsp3) is 0.615. The minimum atomic E-state index is -1.06. The summed E-state index contributed by atoms with van der Waals surface area (Å²) in [6, 6.07) is 5.95. The number of ether oxygens (including phenoxy) is 1. The van der Waals surface area contributed by atoms with E-state index in [9.17, 15) is 14.4 Å². The van der Waals surface area contributed by atoms with Crippen LogP contribution in [0.2, 0.25) is 0 Å². The average Bonchev–Trinajstić information content (AvgIpc) is 3.08. The molecule has 6 rings (SSSR count). The summed E-state index contributed by atoms with van der Waals surface area (Å²) >= 11 is 0. The number of carbonyl (C=O) groups is 3. The van der Waals surface area contributed by atoms with Crippen LogP contribution < -0.4 is 4.90 Å². The van der Waals surface area contributed by atoms with E-state index in [1.807, 2.05) is 37.4 Å². The van der Waals surface area contributed by atoms with Crippen LogP contribution in [0.4, 0.5) is 5.82 Å². The molecule has 3 fully saturated rings. The van der Waals surface area contributed by atoms with Crippen molar-refractivity contribution in [3.63, 3.8) is 0 Å². The van der Waals surface area contributed by atoms with Gasteiger partial charge in [0.15, 0.2) is 0 Å². The highest BCUT2D eigenvalue weighted by Gasteiger charge is 2.68. The van der Waals surface area contributed by atoms with E-state index in [0.29, 0.717) is 12.8 Å². The van der Waals surface area contributed by atoms with Gasteiger partial charge in [0.05, 0.1) is 18.4 Å². The van der Waals surface area contributed by atoms with Gasteiger partial charge in [0.1, 0.15) is 11.4 Å². The van der Waals surface area contributed by atoms with Crippen molar-refractivity contribution < 1.29 is 24.0 Å². The largest absolute Gasteiger partial charge is 0.454 e. The van der Waals surface area contributed by atoms with E-state index >= 15 is 0 Å². The molecule has 0 radical (unpaired) electrons. The number of fused-ring (bicyclic) bond motifs is 1. The number of rotatable bonds is 7. The Labute approximate surface area is 206 Å². The van der Waals surface area contributed by atoms with Crippen LogP contribution in [-0.4, -0.2) is 77.7 Å². The molecule has 2 aliphatic heterocycles. The van der Waals surface area contributed by atoms with E-state index in [0.717, 1.165) is 49.2 Å². The second-order valence-electron chi connectivity index (χ2n) is 10.3. The fourth-order valence-electron chi connectivity index (χ4n) is 6.73. The van der Waals surface area contributed by atoms with Crippen molar-refractivity contribution in [2.24, 2.45) is 23.7 Å². The molecule has 9 heteroatoms. The summed E-state index contributed by atoms with van der Waals surface area (Å²) in [5, 5.41) is 0.962. The maximum Gasteiger partial charge on any atom is 0.303 e. The number of allylic oxidation sites excluding steroid dienone is 1. The number of aromatic nitrogens is 1. The van der Waals surface area contributed by atoms with Crippen molar-refractivity contribution in [3.8, 4) is 0 Å². The van der Waals surface area contributed by atoms with Crippen LogP contribution in [0.3, 0.4) is 0 Å². The lowest BCUT2D eigenvalue weighted by atomic mass is 9.54. The molecule has 9 nitrogen and oxygen atoms in total. The molecule has 188 valence electrons. The van der Waals surface area contributed by atoms with Gasteiger partial charge in [-0.3, -0.25) is 24.1 Å². The van der Waals surface area contributed by atoms with E-state index in [2.05, 4.69) is 21.7 Å². The van der Waals surface area contributed by atoms with E-state index in [-0.39, 0.29) is 30.3 Å². The van der Waals surface area contributed by atoms with Gasteiger partial charge in [0, 0.05) is 45.8 Å². The maximum absolute atomic E-state index is 13.3. The smallest absolute Gasteiger partial charge is 0.303 e. The summed E-state index contributed by atoms with van der Waals surface area (Å²) < 4.78 is 5.75. The number of nitrogens with zero attached hydrogens (tertiary/aromatic N) is 4. The monoisotopic (exact) mass is 482 g/mol. The van der Waals surface area contributed by atoms with E-state index in [1.54, 1.807) is 0 Å². The van der Waals surface area contributed by atoms with Crippen molar-refractivity contribution in [2.75, 3.05) is 44.2 Å². The van der Waals surface area contributed by atoms with Crippen molar-refractivity contribution in [1.82, 2.24) is 14.9 Å². The van der Waals surface area contributed by atoms with Gasteiger partial charge >= 0.3 is 5.97 Å². The number of esters is 1. The molecule has 2 bridgehead atoms. The first kappa shape index (κ1) is 23.9. The summed E-state index contributed by atoms with van der Waals surface area (Å²) in [7, 11) is 0. The Morgan fingerprint density at radius 3 is 2.57 bits per heavy atom. The van der Waals surface area contributed by atoms with Crippen molar-refractivity contribution in [3.05, 3.63) is 36.0 Å². The summed E-state index contributed by atoms with van der Waals surface area (Å²) in [5.41, 5.74) is -0.0496. The Morgan fingerprint density at radius 1 is 1.14 bits per heavy atom. The summed E-state index contributed by atoms with van der Waals surface area (Å²) in [5.74, 6) is -1.25. The van der Waals surface area contributed by atoms with Crippen LogP contribution in [0.15, 0.2) is 36.0 Å². The molecule has 2 amide bonds. The average molecular weight is 483 g/mol. The summed E-state index contributed by atoms with van der Waals surface area (Å²) in [4.78, 5) is 53.4. The molecule has 5 atom stereocenters. The van der Waals surface area contributed by atoms with Crippen LogP contribution in [-0.2, 0) is 24.0 Å². The van der Waals surface area contributed by atoms with Crippen molar-refractivity contribution >= 4 is 23.6 Å². The third-order valence-corrected chi connectivity index (χ3v) is 7.99.